The van der Waals surface area contributed by atoms with E-state index >= 15 is 0 Å². The fourth-order valence-corrected chi connectivity index (χ4v) is 7.42. The number of hydrogen-bond acceptors (Lipinski definition) is 7. The van der Waals surface area contributed by atoms with Gasteiger partial charge in [-0.1, -0.05) is 37.1 Å². The number of carbonyl (C=O) groups excluding carboxylic acids is 3. The molecule has 4 rings (SSSR count). The number of carbonyl (C=O) groups is 3. The second-order valence-corrected chi connectivity index (χ2v) is 14.0. The Hall–Kier alpha value is -2.88. The molecule has 1 aliphatic heterocycles. The van der Waals surface area contributed by atoms with E-state index < -0.39 is 18.1 Å². The Balaban J connectivity index is 1.58. The van der Waals surface area contributed by atoms with Crippen LogP contribution in [0.3, 0.4) is 0 Å². The van der Waals surface area contributed by atoms with Crippen molar-refractivity contribution in [3.63, 3.8) is 0 Å². The number of nitrogens with one attached hydrogen (secondary N) is 2. The number of piperidine rings is 1. The highest BCUT2D eigenvalue weighted by Crippen LogP contribution is 2.38. The van der Waals surface area contributed by atoms with Crippen LogP contribution in [0.4, 0.5) is 0 Å². The highest BCUT2D eigenvalue weighted by molar-refractivity contribution is 7.99. The molecule has 3 N–H and O–H groups in total. The molecule has 2 aliphatic rings. The third-order valence-corrected chi connectivity index (χ3v) is 9.57. The number of thioether (sulfide) groups is 1. The minimum absolute atomic E-state index is 0.000815. The zero-order valence-electron chi connectivity index (χ0n) is 26.1. The standard InChI is InChI=1S/C34H47N3O5S/c1-22-26(15-11-17-31(22)42-23(2)38)32(40)35-27(21-43-25-13-7-6-8-14-25)30(39)20-37-28-16-10-9-12-24(28)18-19-29(37)33(41)36-34(3,4)5/h6-8,11,13-15,17,24,27-30,39H,9-10,12,16,18-21H2,1-5H3,(H,35,40)(H,36,41)/t24-,27-,28-,29-,30+/m0/s1. The van der Waals surface area contributed by atoms with Crippen molar-refractivity contribution in [1.29, 1.82) is 0 Å². The van der Waals surface area contributed by atoms with E-state index in [-0.39, 0.29) is 36.0 Å². The zero-order chi connectivity index (χ0) is 31.1. The van der Waals surface area contributed by atoms with Crippen LogP contribution in [0.2, 0.25) is 0 Å². The van der Waals surface area contributed by atoms with Crippen LogP contribution in [0.1, 0.15) is 82.1 Å². The number of benzene rings is 2. The molecule has 0 radical (unpaired) electrons. The predicted octanol–water partition coefficient (Wildman–Crippen LogP) is 5.11. The van der Waals surface area contributed by atoms with E-state index in [2.05, 4.69) is 15.5 Å². The summed E-state index contributed by atoms with van der Waals surface area (Å²) in [6.07, 6.45) is 5.33. The number of likely N-dealkylation sites (tertiary alicyclic amines) is 1. The summed E-state index contributed by atoms with van der Waals surface area (Å²) < 4.78 is 5.30. The molecule has 1 saturated carbocycles. The summed E-state index contributed by atoms with van der Waals surface area (Å²) in [5.74, 6) is 0.487. The molecule has 0 aromatic heterocycles. The van der Waals surface area contributed by atoms with Crippen LogP contribution in [0.25, 0.3) is 0 Å². The molecule has 1 heterocycles. The number of β-amino-alcohol motifs (C(OH)–C–C–N with tert-alkyl or cyclic N) is 1. The van der Waals surface area contributed by atoms with Crippen molar-refractivity contribution >= 4 is 29.5 Å². The molecule has 234 valence electrons. The molecule has 9 heteroatoms. The number of aliphatic hydroxyl groups excluding tert-OH is 1. The highest BCUT2D eigenvalue weighted by Gasteiger charge is 2.43. The first-order valence-corrected chi connectivity index (χ1v) is 16.4. The molecular formula is C34H47N3O5S. The normalized spacial score (nSPS) is 22.1. The number of aliphatic hydroxyl groups is 1. The lowest BCUT2D eigenvalue weighted by Gasteiger charge is -2.49. The maximum absolute atomic E-state index is 13.6. The Morgan fingerprint density at radius 2 is 1.74 bits per heavy atom. The average molecular weight is 610 g/mol. The van der Waals surface area contributed by atoms with Crippen LogP contribution < -0.4 is 15.4 Å². The molecule has 2 amide bonds. The summed E-state index contributed by atoms with van der Waals surface area (Å²) in [7, 11) is 0. The summed E-state index contributed by atoms with van der Waals surface area (Å²) in [5, 5.41) is 18.1. The van der Waals surface area contributed by atoms with Gasteiger partial charge in [0.2, 0.25) is 5.91 Å². The fraction of sp³-hybridized carbons (Fsp3) is 0.559. The Kier molecular flexibility index (Phi) is 11.3. The minimum atomic E-state index is -0.914. The largest absolute Gasteiger partial charge is 0.426 e. The fourth-order valence-electron chi connectivity index (χ4n) is 6.39. The summed E-state index contributed by atoms with van der Waals surface area (Å²) in [6, 6.07) is 14.2. The van der Waals surface area contributed by atoms with Crippen molar-refractivity contribution < 1.29 is 24.2 Å². The molecule has 2 aromatic carbocycles. The lowest BCUT2D eigenvalue weighted by molar-refractivity contribution is -0.134. The molecule has 1 aliphatic carbocycles. The molecule has 0 spiro atoms. The molecule has 2 aromatic rings. The quantitative estimate of drug-likeness (QED) is 0.195. The molecule has 8 nitrogen and oxygen atoms in total. The van der Waals surface area contributed by atoms with Crippen LogP contribution >= 0.6 is 11.8 Å². The Bertz CT molecular complexity index is 1260. The van der Waals surface area contributed by atoms with Gasteiger partial charge >= 0.3 is 5.97 Å². The highest BCUT2D eigenvalue weighted by atomic mass is 32.2. The van der Waals surface area contributed by atoms with E-state index in [1.807, 2.05) is 51.1 Å². The number of ether oxygens (including phenoxy) is 1. The van der Waals surface area contributed by atoms with E-state index in [0.29, 0.717) is 28.5 Å². The predicted molar refractivity (Wildman–Crippen MR) is 170 cm³/mol. The molecule has 2 fully saturated rings. The maximum atomic E-state index is 13.6. The zero-order valence-corrected chi connectivity index (χ0v) is 26.9. The van der Waals surface area contributed by atoms with E-state index in [0.717, 1.165) is 37.0 Å². The first-order chi connectivity index (χ1) is 20.4. The summed E-state index contributed by atoms with van der Waals surface area (Å²) in [4.78, 5) is 42.0. The summed E-state index contributed by atoms with van der Waals surface area (Å²) >= 11 is 1.57. The molecule has 43 heavy (non-hydrogen) atoms. The summed E-state index contributed by atoms with van der Waals surface area (Å²) in [6.45, 7) is 9.32. The van der Waals surface area contributed by atoms with E-state index in [1.165, 1.54) is 13.3 Å². The van der Waals surface area contributed by atoms with Crippen molar-refractivity contribution in [2.75, 3.05) is 12.3 Å². The third-order valence-electron chi connectivity index (χ3n) is 8.44. The minimum Gasteiger partial charge on any atom is -0.426 e. The molecule has 5 atom stereocenters. The number of hydrogen-bond donors (Lipinski definition) is 3. The second-order valence-electron chi connectivity index (χ2n) is 12.9. The average Bonchev–Trinajstić information content (AvgIpc) is 2.95. The SMILES string of the molecule is CC(=O)Oc1cccc(C(=O)N[C@@H](CSc2ccccc2)[C@H](O)CN2[C@H](C(=O)NC(C)(C)C)CC[C@@H]3CCCC[C@@H]32)c1C. The van der Waals surface area contributed by atoms with Crippen LogP contribution in [-0.2, 0) is 9.59 Å². The first kappa shape index (κ1) is 33.0. The third kappa shape index (κ3) is 9.06. The number of amides is 2. The van der Waals surface area contributed by atoms with Crippen LogP contribution in [0, 0.1) is 12.8 Å². The van der Waals surface area contributed by atoms with Crippen LogP contribution in [-0.4, -0.2) is 69.9 Å². The van der Waals surface area contributed by atoms with Gasteiger partial charge in [-0.15, -0.1) is 11.8 Å². The Morgan fingerprint density at radius 1 is 1.02 bits per heavy atom. The molecule has 0 unspecified atom stereocenters. The van der Waals surface area contributed by atoms with Crippen LogP contribution in [0.15, 0.2) is 53.4 Å². The molecular weight excluding hydrogens is 562 g/mol. The lowest BCUT2D eigenvalue weighted by Crippen LogP contribution is -2.62. The Labute approximate surface area is 260 Å². The number of rotatable bonds is 10. The number of esters is 1. The van der Waals surface area contributed by atoms with Crippen molar-refractivity contribution in [3.05, 3.63) is 59.7 Å². The van der Waals surface area contributed by atoms with Crippen molar-refractivity contribution in [2.24, 2.45) is 5.92 Å². The van der Waals surface area contributed by atoms with Gasteiger partial charge in [-0.25, -0.2) is 0 Å². The maximum Gasteiger partial charge on any atom is 0.308 e. The van der Waals surface area contributed by atoms with E-state index in [9.17, 15) is 19.5 Å². The number of fused-ring (bicyclic) bond motifs is 1. The van der Waals surface area contributed by atoms with Crippen LogP contribution in [0.5, 0.6) is 5.75 Å². The van der Waals surface area contributed by atoms with Gasteiger partial charge in [0, 0.05) is 46.8 Å². The molecule has 1 saturated heterocycles. The topological polar surface area (TPSA) is 108 Å². The summed E-state index contributed by atoms with van der Waals surface area (Å²) in [5.41, 5.74) is 0.583. The van der Waals surface area contributed by atoms with Gasteiger partial charge in [-0.3, -0.25) is 19.3 Å². The van der Waals surface area contributed by atoms with Gasteiger partial charge in [0.05, 0.1) is 18.2 Å². The van der Waals surface area contributed by atoms with Gasteiger partial charge < -0.3 is 20.5 Å². The smallest absolute Gasteiger partial charge is 0.308 e. The van der Waals surface area contributed by atoms with Crippen molar-refractivity contribution in [2.45, 2.75) is 108 Å². The van der Waals surface area contributed by atoms with E-state index in [4.69, 9.17) is 4.74 Å². The number of nitrogens with zero attached hydrogens (tertiary/aromatic N) is 1. The Morgan fingerprint density at radius 3 is 2.44 bits per heavy atom. The first-order valence-electron chi connectivity index (χ1n) is 15.5. The lowest BCUT2D eigenvalue weighted by atomic mass is 9.76. The van der Waals surface area contributed by atoms with Gasteiger partial charge in [-0.05, 0) is 83.6 Å². The monoisotopic (exact) mass is 609 g/mol. The van der Waals surface area contributed by atoms with Gasteiger partial charge in [0.15, 0.2) is 0 Å². The van der Waals surface area contributed by atoms with Gasteiger partial charge in [0.25, 0.3) is 5.91 Å². The van der Waals surface area contributed by atoms with Crippen molar-refractivity contribution in [3.8, 4) is 5.75 Å². The van der Waals surface area contributed by atoms with Crippen molar-refractivity contribution in [1.82, 2.24) is 15.5 Å². The second kappa shape index (κ2) is 14.7. The van der Waals surface area contributed by atoms with E-state index in [1.54, 1.807) is 36.9 Å². The van der Waals surface area contributed by atoms with Gasteiger partial charge in [0.1, 0.15) is 5.75 Å². The van der Waals surface area contributed by atoms with Gasteiger partial charge in [-0.2, -0.15) is 0 Å². The molecule has 0 bridgehead atoms.